The van der Waals surface area contributed by atoms with Crippen molar-refractivity contribution < 1.29 is 9.59 Å². The van der Waals surface area contributed by atoms with Gasteiger partial charge in [0.05, 0.1) is 0 Å². The predicted molar refractivity (Wildman–Crippen MR) is 84.5 cm³/mol. The van der Waals surface area contributed by atoms with Gasteiger partial charge in [-0.25, -0.2) is 0 Å². The van der Waals surface area contributed by atoms with E-state index < -0.39 is 0 Å². The van der Waals surface area contributed by atoms with E-state index in [4.69, 9.17) is 0 Å². The summed E-state index contributed by atoms with van der Waals surface area (Å²) in [5.74, 6) is 0.0478. The van der Waals surface area contributed by atoms with Gasteiger partial charge >= 0.3 is 0 Å². The summed E-state index contributed by atoms with van der Waals surface area (Å²) in [7, 11) is 0. The van der Waals surface area contributed by atoms with Crippen molar-refractivity contribution in [3.05, 3.63) is 71.8 Å². The van der Waals surface area contributed by atoms with Gasteiger partial charge in [-0.1, -0.05) is 67.6 Å². The molecule has 0 bridgehead atoms. The molecule has 2 nitrogen and oxygen atoms in total. The summed E-state index contributed by atoms with van der Waals surface area (Å²) >= 11 is 0. The minimum Gasteiger partial charge on any atom is -0.300 e. The first kappa shape index (κ1) is 15.2. The summed E-state index contributed by atoms with van der Waals surface area (Å²) in [6, 6.07) is 19.0. The fraction of sp³-hybridized carbons (Fsp3) is 0.263. The normalized spacial score (nSPS) is 11.9. The van der Waals surface area contributed by atoms with Crippen molar-refractivity contribution >= 4 is 11.6 Å². The molecule has 0 aliphatic rings. The molecule has 0 heterocycles. The van der Waals surface area contributed by atoms with Gasteiger partial charge in [-0.05, 0) is 12.0 Å². The van der Waals surface area contributed by atoms with Crippen LogP contribution in [0.5, 0.6) is 0 Å². The zero-order valence-corrected chi connectivity index (χ0v) is 12.3. The zero-order valence-electron chi connectivity index (χ0n) is 12.3. The van der Waals surface area contributed by atoms with Crippen LogP contribution in [-0.2, 0) is 4.79 Å². The molecular weight excluding hydrogens is 260 g/mol. The van der Waals surface area contributed by atoms with Gasteiger partial charge in [-0.15, -0.1) is 0 Å². The molecule has 0 aromatic heterocycles. The van der Waals surface area contributed by atoms with Gasteiger partial charge in [0.2, 0.25) is 0 Å². The first-order valence-corrected chi connectivity index (χ1v) is 7.38. The Morgan fingerprint density at radius 1 is 0.905 bits per heavy atom. The van der Waals surface area contributed by atoms with E-state index >= 15 is 0 Å². The predicted octanol–water partition coefficient (Wildman–Crippen LogP) is 4.41. The van der Waals surface area contributed by atoms with E-state index in [2.05, 4.69) is 0 Å². The van der Waals surface area contributed by atoms with E-state index in [0.717, 1.165) is 5.56 Å². The van der Waals surface area contributed by atoms with Crippen molar-refractivity contribution in [2.75, 3.05) is 0 Å². The van der Waals surface area contributed by atoms with Crippen LogP contribution < -0.4 is 0 Å². The van der Waals surface area contributed by atoms with Crippen molar-refractivity contribution in [2.45, 2.75) is 32.1 Å². The molecule has 0 saturated heterocycles. The van der Waals surface area contributed by atoms with Gasteiger partial charge in [0.15, 0.2) is 5.78 Å². The molecule has 108 valence electrons. The third-order valence-corrected chi connectivity index (χ3v) is 3.68. The first-order valence-electron chi connectivity index (χ1n) is 7.38. The molecule has 0 N–H and O–H groups in total. The third kappa shape index (κ3) is 4.12. The van der Waals surface area contributed by atoms with Crippen molar-refractivity contribution in [2.24, 2.45) is 0 Å². The van der Waals surface area contributed by atoms with Crippen LogP contribution >= 0.6 is 0 Å². The minimum atomic E-state index is -0.246. The van der Waals surface area contributed by atoms with Crippen molar-refractivity contribution in [1.29, 1.82) is 0 Å². The summed E-state index contributed by atoms with van der Waals surface area (Å²) in [5.41, 5.74) is 1.69. The number of carbonyl (C=O) groups excluding carboxylic acids is 2. The summed E-state index contributed by atoms with van der Waals surface area (Å²) in [6.45, 7) is 1.86. The Bertz CT molecular complexity index is 587. The number of hydrogen-bond acceptors (Lipinski definition) is 2. The van der Waals surface area contributed by atoms with Gasteiger partial charge in [0.1, 0.15) is 5.78 Å². The number of ketones is 2. The lowest BCUT2D eigenvalue weighted by Crippen LogP contribution is -2.14. The maximum absolute atomic E-state index is 12.7. The zero-order chi connectivity index (χ0) is 15.1. The Morgan fingerprint density at radius 2 is 1.48 bits per heavy atom. The van der Waals surface area contributed by atoms with Crippen molar-refractivity contribution in [3.8, 4) is 0 Å². The largest absolute Gasteiger partial charge is 0.300 e. The lowest BCUT2D eigenvalue weighted by Gasteiger charge is -2.16. The topological polar surface area (TPSA) is 34.1 Å². The smallest absolute Gasteiger partial charge is 0.170 e. The quantitative estimate of drug-likeness (QED) is 0.704. The molecule has 0 aliphatic heterocycles. The number of hydrogen-bond donors (Lipinski definition) is 0. The highest BCUT2D eigenvalue weighted by Gasteiger charge is 2.22. The summed E-state index contributed by atoms with van der Waals surface area (Å²) < 4.78 is 0. The maximum atomic E-state index is 12.7. The van der Waals surface area contributed by atoms with Crippen LogP contribution in [-0.4, -0.2) is 11.6 Å². The third-order valence-electron chi connectivity index (χ3n) is 3.68. The summed E-state index contributed by atoms with van der Waals surface area (Å²) in [5, 5.41) is 0. The number of benzene rings is 2. The highest BCUT2D eigenvalue weighted by molar-refractivity contribution is 6.01. The van der Waals surface area contributed by atoms with Crippen molar-refractivity contribution in [1.82, 2.24) is 0 Å². The molecule has 0 saturated carbocycles. The number of carbonyl (C=O) groups is 2. The molecule has 0 spiro atoms. The second kappa shape index (κ2) is 7.53. The average Bonchev–Trinajstić information content (AvgIpc) is 2.56. The molecule has 0 radical (unpaired) electrons. The summed E-state index contributed by atoms with van der Waals surface area (Å²) in [6.07, 6.45) is 1.56. The van der Waals surface area contributed by atoms with Gasteiger partial charge in [0.25, 0.3) is 0 Å². The fourth-order valence-corrected chi connectivity index (χ4v) is 2.42. The van der Waals surface area contributed by atoms with Crippen LogP contribution in [0.25, 0.3) is 0 Å². The second-order valence-electron chi connectivity index (χ2n) is 5.12. The standard InChI is InChI=1S/C19H20O2/c1-2-17(20)13-14-18(15-9-5-3-6-10-15)19(21)16-11-7-4-8-12-16/h3-12,18H,2,13-14H2,1H3. The molecule has 1 unspecified atom stereocenters. The van der Waals surface area contributed by atoms with Crippen LogP contribution in [0.2, 0.25) is 0 Å². The van der Waals surface area contributed by atoms with Crippen molar-refractivity contribution in [3.63, 3.8) is 0 Å². The molecule has 0 amide bonds. The Morgan fingerprint density at radius 3 is 2.05 bits per heavy atom. The van der Waals surface area contributed by atoms with E-state index in [9.17, 15) is 9.59 Å². The maximum Gasteiger partial charge on any atom is 0.170 e. The van der Waals surface area contributed by atoms with E-state index in [1.54, 1.807) is 0 Å². The lowest BCUT2D eigenvalue weighted by atomic mass is 9.86. The fourth-order valence-electron chi connectivity index (χ4n) is 2.42. The molecule has 0 aliphatic carbocycles. The van der Waals surface area contributed by atoms with E-state index in [0.29, 0.717) is 24.8 Å². The SMILES string of the molecule is CCC(=O)CCC(C(=O)c1ccccc1)c1ccccc1. The number of rotatable bonds is 7. The molecule has 2 heteroatoms. The molecule has 1 atom stereocenters. The lowest BCUT2D eigenvalue weighted by molar-refractivity contribution is -0.118. The van der Waals surface area contributed by atoms with E-state index in [-0.39, 0.29) is 17.5 Å². The average molecular weight is 280 g/mol. The highest BCUT2D eigenvalue weighted by Crippen LogP contribution is 2.26. The van der Waals surface area contributed by atoms with E-state index in [1.165, 1.54) is 0 Å². The van der Waals surface area contributed by atoms with Gasteiger partial charge in [-0.3, -0.25) is 9.59 Å². The Labute approximate surface area is 125 Å². The van der Waals surface area contributed by atoms with Crippen LogP contribution in [0.1, 0.15) is 48.0 Å². The molecule has 2 aromatic rings. The second-order valence-corrected chi connectivity index (χ2v) is 5.12. The summed E-state index contributed by atoms with van der Waals surface area (Å²) in [4.78, 5) is 24.3. The van der Waals surface area contributed by atoms with Crippen LogP contribution in [0.3, 0.4) is 0 Å². The highest BCUT2D eigenvalue weighted by atomic mass is 16.1. The monoisotopic (exact) mass is 280 g/mol. The van der Waals surface area contributed by atoms with Crippen LogP contribution in [0, 0.1) is 0 Å². The molecular formula is C19H20O2. The first-order chi connectivity index (χ1) is 10.2. The van der Waals surface area contributed by atoms with Gasteiger partial charge in [-0.2, -0.15) is 0 Å². The minimum absolute atomic E-state index is 0.0886. The number of Topliss-reactive ketones (excluding diaryl/α,β-unsaturated/α-hetero) is 2. The Balaban J connectivity index is 2.23. The van der Waals surface area contributed by atoms with Crippen LogP contribution in [0.4, 0.5) is 0 Å². The molecule has 2 rings (SSSR count). The van der Waals surface area contributed by atoms with Crippen LogP contribution in [0.15, 0.2) is 60.7 Å². The molecule has 2 aromatic carbocycles. The Hall–Kier alpha value is -2.22. The molecule has 0 fully saturated rings. The Kier molecular flexibility index (Phi) is 5.44. The molecule has 21 heavy (non-hydrogen) atoms. The van der Waals surface area contributed by atoms with E-state index in [1.807, 2.05) is 67.6 Å². The van der Waals surface area contributed by atoms with Gasteiger partial charge < -0.3 is 0 Å². The van der Waals surface area contributed by atoms with Gasteiger partial charge in [0, 0.05) is 24.3 Å².